The van der Waals surface area contributed by atoms with Crippen molar-refractivity contribution in [1.82, 2.24) is 4.90 Å². The van der Waals surface area contributed by atoms with Gasteiger partial charge in [0.2, 0.25) is 5.78 Å². The Morgan fingerprint density at radius 3 is 2.31 bits per heavy atom. The van der Waals surface area contributed by atoms with E-state index in [1.165, 1.54) is 4.90 Å². The Morgan fingerprint density at radius 2 is 1.60 bits per heavy atom. The van der Waals surface area contributed by atoms with Gasteiger partial charge in [-0.1, -0.05) is 12.1 Å². The number of Topliss-reactive ketones (excluding diaryl/α,β-unsaturated/α-hetero) is 1. The number of carbonyl (C=O) groups is 2. The Morgan fingerprint density at radius 1 is 0.857 bits per heavy atom. The van der Waals surface area contributed by atoms with Crippen LogP contribution in [0.4, 0.5) is 5.69 Å². The molecule has 0 saturated carbocycles. The van der Waals surface area contributed by atoms with Crippen LogP contribution in [0.3, 0.4) is 0 Å². The summed E-state index contributed by atoms with van der Waals surface area (Å²) in [5.74, 6) is 2.61. The van der Waals surface area contributed by atoms with Gasteiger partial charge in [0.15, 0.2) is 29.6 Å². The molecule has 0 aromatic heterocycles. The normalized spacial score (nSPS) is 14.5. The summed E-state index contributed by atoms with van der Waals surface area (Å²) in [6.07, 6.45) is 2.55. The first kappa shape index (κ1) is 27.3. The number of nitrogens with zero attached hydrogens (tertiary/aromatic N) is 2. The van der Waals surface area contributed by atoms with Gasteiger partial charge in [0, 0.05) is 37.2 Å². The third-order valence-electron chi connectivity index (χ3n) is 8.19. The topological polar surface area (TPSA) is 86.8 Å². The molecule has 0 atom stereocenters. The van der Waals surface area contributed by atoms with Crippen LogP contribution in [0.15, 0.2) is 48.2 Å². The van der Waals surface area contributed by atoms with Crippen molar-refractivity contribution in [3.8, 4) is 28.7 Å². The largest absolute Gasteiger partial charge is 0.493 e. The number of methoxy groups -OCH3 is 4. The summed E-state index contributed by atoms with van der Waals surface area (Å²) in [6.45, 7) is 0.582. The lowest BCUT2D eigenvalue weighted by Gasteiger charge is -2.26. The number of fused-ring (bicyclic) bond motifs is 6. The highest BCUT2D eigenvalue weighted by Crippen LogP contribution is 2.48. The lowest BCUT2D eigenvalue weighted by atomic mass is 9.91. The minimum absolute atomic E-state index is 0.0212. The second kappa shape index (κ2) is 10.5. The van der Waals surface area contributed by atoms with Crippen LogP contribution in [-0.2, 0) is 11.2 Å². The number of ketones is 1. The SMILES string of the molecule is COc1cc2ccc3c4c(c(OC)c(OC)c3c2cc1OC)C=C(C(=O)c1ccc2c(c1)N(C)C(=O)CO2)N(C)CC4. The summed E-state index contributed by atoms with van der Waals surface area (Å²) in [6, 6.07) is 13.2. The van der Waals surface area contributed by atoms with E-state index >= 15 is 0 Å². The van der Waals surface area contributed by atoms with Gasteiger partial charge in [-0.15, -0.1) is 0 Å². The Labute approximate surface area is 243 Å². The molecule has 0 bridgehead atoms. The summed E-state index contributed by atoms with van der Waals surface area (Å²) >= 11 is 0. The molecule has 42 heavy (non-hydrogen) atoms. The number of allylic oxidation sites excluding steroid dienone is 1. The van der Waals surface area contributed by atoms with E-state index in [1.807, 2.05) is 30.2 Å². The fraction of sp³-hybridized carbons (Fsp3) is 0.273. The first-order chi connectivity index (χ1) is 20.3. The Kier molecular flexibility index (Phi) is 6.80. The van der Waals surface area contributed by atoms with Crippen LogP contribution in [-0.4, -0.2) is 72.3 Å². The molecule has 4 aromatic carbocycles. The van der Waals surface area contributed by atoms with E-state index in [9.17, 15) is 9.59 Å². The van der Waals surface area contributed by atoms with E-state index in [2.05, 4.69) is 12.1 Å². The summed E-state index contributed by atoms with van der Waals surface area (Å²) in [4.78, 5) is 29.7. The molecule has 4 aromatic rings. The first-order valence-electron chi connectivity index (χ1n) is 13.6. The molecule has 9 nitrogen and oxygen atoms in total. The molecular formula is C33H32N2O7. The van der Waals surface area contributed by atoms with Crippen molar-refractivity contribution in [2.45, 2.75) is 6.42 Å². The van der Waals surface area contributed by atoms with E-state index in [-0.39, 0.29) is 18.3 Å². The molecule has 0 aliphatic carbocycles. The van der Waals surface area contributed by atoms with Gasteiger partial charge in [0.25, 0.3) is 5.91 Å². The van der Waals surface area contributed by atoms with E-state index < -0.39 is 0 Å². The molecule has 2 aliphatic rings. The summed E-state index contributed by atoms with van der Waals surface area (Å²) in [5.41, 5.74) is 3.38. The number of carbonyl (C=O) groups excluding carboxylic acids is 2. The average molecular weight is 569 g/mol. The zero-order valence-corrected chi connectivity index (χ0v) is 24.5. The number of benzene rings is 4. The molecule has 0 radical (unpaired) electrons. The number of ether oxygens (including phenoxy) is 5. The van der Waals surface area contributed by atoms with Gasteiger partial charge < -0.3 is 33.5 Å². The third-order valence-corrected chi connectivity index (χ3v) is 8.19. The molecule has 2 heterocycles. The summed E-state index contributed by atoms with van der Waals surface area (Å²) < 4.78 is 28.7. The number of rotatable bonds is 6. The highest BCUT2D eigenvalue weighted by Gasteiger charge is 2.29. The van der Waals surface area contributed by atoms with Gasteiger partial charge in [0.05, 0.1) is 39.8 Å². The van der Waals surface area contributed by atoms with Crippen LogP contribution in [0.25, 0.3) is 27.6 Å². The van der Waals surface area contributed by atoms with Crippen molar-refractivity contribution < 1.29 is 33.3 Å². The van der Waals surface area contributed by atoms with Gasteiger partial charge in [0.1, 0.15) is 5.75 Å². The molecule has 0 spiro atoms. The molecule has 0 N–H and O–H groups in total. The van der Waals surface area contributed by atoms with Crippen molar-refractivity contribution in [1.29, 1.82) is 0 Å². The number of hydrogen-bond acceptors (Lipinski definition) is 8. The predicted molar refractivity (Wildman–Crippen MR) is 162 cm³/mol. The van der Waals surface area contributed by atoms with Crippen LogP contribution in [0, 0.1) is 0 Å². The van der Waals surface area contributed by atoms with Crippen LogP contribution in [0.2, 0.25) is 0 Å². The summed E-state index contributed by atoms with van der Waals surface area (Å²) in [5, 5.41) is 3.82. The second-order valence-corrected chi connectivity index (χ2v) is 10.3. The van der Waals surface area contributed by atoms with Gasteiger partial charge >= 0.3 is 0 Å². The summed E-state index contributed by atoms with van der Waals surface area (Å²) in [7, 11) is 10.1. The lowest BCUT2D eigenvalue weighted by molar-refractivity contribution is -0.120. The van der Waals surface area contributed by atoms with Crippen LogP contribution < -0.4 is 28.6 Å². The molecular weight excluding hydrogens is 536 g/mol. The van der Waals surface area contributed by atoms with Crippen LogP contribution >= 0.6 is 0 Å². The van der Waals surface area contributed by atoms with E-state index in [0.29, 0.717) is 58.7 Å². The maximum Gasteiger partial charge on any atom is 0.264 e. The van der Waals surface area contributed by atoms with Gasteiger partial charge in [-0.05, 0) is 64.6 Å². The fourth-order valence-corrected chi connectivity index (χ4v) is 5.93. The maximum absolute atomic E-state index is 14.0. The van der Waals surface area contributed by atoms with Gasteiger partial charge in [-0.25, -0.2) is 0 Å². The number of amides is 1. The minimum Gasteiger partial charge on any atom is -0.493 e. The number of hydrogen-bond donors (Lipinski definition) is 0. The second-order valence-electron chi connectivity index (χ2n) is 10.3. The van der Waals surface area contributed by atoms with Crippen molar-refractivity contribution in [3.05, 3.63) is 64.9 Å². The van der Waals surface area contributed by atoms with Crippen LogP contribution in [0.1, 0.15) is 21.5 Å². The number of anilines is 1. The Hall–Kier alpha value is -4.92. The van der Waals surface area contributed by atoms with Crippen molar-refractivity contribution in [2.75, 3.05) is 60.6 Å². The molecule has 0 fully saturated rings. The van der Waals surface area contributed by atoms with Gasteiger partial charge in [-0.2, -0.15) is 0 Å². The van der Waals surface area contributed by atoms with Crippen molar-refractivity contribution in [2.24, 2.45) is 0 Å². The highest BCUT2D eigenvalue weighted by molar-refractivity contribution is 6.16. The third kappa shape index (κ3) is 4.15. The molecule has 6 rings (SSSR count). The van der Waals surface area contributed by atoms with E-state index in [4.69, 9.17) is 23.7 Å². The van der Waals surface area contributed by atoms with Crippen LogP contribution in [0.5, 0.6) is 28.7 Å². The zero-order chi connectivity index (χ0) is 29.7. The molecule has 1 amide bonds. The first-order valence-corrected chi connectivity index (χ1v) is 13.6. The van der Waals surface area contributed by atoms with E-state index in [1.54, 1.807) is 53.7 Å². The smallest absolute Gasteiger partial charge is 0.264 e. The van der Waals surface area contributed by atoms with E-state index in [0.717, 1.165) is 32.7 Å². The molecule has 216 valence electrons. The monoisotopic (exact) mass is 568 g/mol. The van der Waals surface area contributed by atoms with Gasteiger partial charge in [-0.3, -0.25) is 9.59 Å². The number of likely N-dealkylation sites (N-methyl/N-ethyl adjacent to an activating group) is 2. The zero-order valence-electron chi connectivity index (χ0n) is 24.5. The van der Waals surface area contributed by atoms with Crippen molar-refractivity contribution in [3.63, 3.8) is 0 Å². The molecule has 0 unspecified atom stereocenters. The maximum atomic E-state index is 14.0. The molecule has 2 aliphatic heterocycles. The molecule has 0 saturated heterocycles. The lowest BCUT2D eigenvalue weighted by Crippen LogP contribution is -2.35. The Balaban J connectivity index is 1.57. The predicted octanol–water partition coefficient (Wildman–Crippen LogP) is 5.09. The average Bonchev–Trinajstić information content (AvgIpc) is 3.19. The highest BCUT2D eigenvalue weighted by atomic mass is 16.5. The quantitative estimate of drug-likeness (QED) is 0.235. The Bertz CT molecular complexity index is 1810. The standard InChI is InChI=1S/C33H32N2O7/c1-34-12-11-20-21-9-7-18-14-27(38-3)28(39-4)16-22(18)30(21)33(41-6)32(40-5)23(20)15-25(34)31(37)19-8-10-26-24(13-19)35(2)29(36)17-42-26/h7-10,13-16H,11-12,17H2,1-6H3. The minimum atomic E-state index is -0.170. The molecule has 9 heteroatoms. The fourth-order valence-electron chi connectivity index (χ4n) is 5.93. The van der Waals surface area contributed by atoms with Crippen molar-refractivity contribution >= 4 is 45.0 Å².